The first-order chi connectivity index (χ1) is 12.7. The third kappa shape index (κ3) is 6.59. The number of hydrogen-bond donors (Lipinski definition) is 0. The van der Waals surface area contributed by atoms with Crippen molar-refractivity contribution in [2.45, 2.75) is 90.9 Å². The lowest BCUT2D eigenvalue weighted by molar-refractivity contribution is -0.162. The molecule has 0 heterocycles. The molecule has 0 radical (unpaired) electrons. The highest BCUT2D eigenvalue weighted by Gasteiger charge is 2.39. The van der Waals surface area contributed by atoms with Crippen LogP contribution in [0.25, 0.3) is 0 Å². The van der Waals surface area contributed by atoms with Gasteiger partial charge in [0.05, 0.1) is 25.0 Å². The fourth-order valence-corrected chi connectivity index (χ4v) is 4.91. The molecule has 150 valence electrons. The van der Waals surface area contributed by atoms with Crippen molar-refractivity contribution in [1.29, 1.82) is 0 Å². The van der Waals surface area contributed by atoms with Crippen LogP contribution >= 0.6 is 0 Å². The van der Waals surface area contributed by atoms with Crippen molar-refractivity contribution in [3.63, 3.8) is 0 Å². The van der Waals surface area contributed by atoms with Crippen molar-refractivity contribution < 1.29 is 19.1 Å². The van der Waals surface area contributed by atoms with E-state index in [0.29, 0.717) is 25.0 Å². The average molecular weight is 367 g/mol. The summed E-state index contributed by atoms with van der Waals surface area (Å²) in [7, 11) is 0. The predicted octanol–water partition coefficient (Wildman–Crippen LogP) is 5.29. The molecule has 0 aromatic heterocycles. The van der Waals surface area contributed by atoms with Crippen molar-refractivity contribution in [2.75, 3.05) is 13.2 Å². The van der Waals surface area contributed by atoms with E-state index in [0.717, 1.165) is 12.8 Å². The first-order valence-corrected chi connectivity index (χ1v) is 11.0. The second-order valence-electron chi connectivity index (χ2n) is 8.20. The Morgan fingerprint density at radius 1 is 0.692 bits per heavy atom. The lowest BCUT2D eigenvalue weighted by Crippen LogP contribution is -2.36. The van der Waals surface area contributed by atoms with Crippen molar-refractivity contribution in [1.82, 2.24) is 0 Å². The molecule has 0 aromatic rings. The van der Waals surface area contributed by atoms with Crippen LogP contribution in [0.15, 0.2) is 0 Å². The van der Waals surface area contributed by atoms with Gasteiger partial charge in [0.2, 0.25) is 0 Å². The first kappa shape index (κ1) is 21.2. The zero-order valence-electron chi connectivity index (χ0n) is 16.8. The molecule has 2 aliphatic rings. The molecule has 0 aromatic carbocycles. The van der Waals surface area contributed by atoms with Crippen LogP contribution in [0.3, 0.4) is 0 Å². The van der Waals surface area contributed by atoms with Crippen LogP contribution in [-0.4, -0.2) is 25.2 Å². The topological polar surface area (TPSA) is 52.6 Å². The Morgan fingerprint density at radius 2 is 1.04 bits per heavy atom. The Morgan fingerprint density at radius 3 is 1.35 bits per heavy atom. The molecule has 0 amide bonds. The molecule has 2 unspecified atom stereocenters. The highest BCUT2D eigenvalue weighted by Crippen LogP contribution is 2.37. The number of esters is 2. The summed E-state index contributed by atoms with van der Waals surface area (Å²) in [6.07, 6.45) is 13.8. The van der Waals surface area contributed by atoms with E-state index in [1.165, 1.54) is 64.2 Å². The standard InChI is InChI=1S/C22H38O4/c1-3-25-21(23)19(15-17-11-7-5-8-12-17)20(22(24)26-4-2)16-18-13-9-6-10-14-18/h17-20H,3-16H2,1-2H3. The fourth-order valence-electron chi connectivity index (χ4n) is 4.91. The molecule has 0 saturated heterocycles. The minimum Gasteiger partial charge on any atom is -0.466 e. The molecule has 2 rings (SSSR count). The van der Waals surface area contributed by atoms with E-state index >= 15 is 0 Å². The van der Waals surface area contributed by atoms with E-state index in [4.69, 9.17) is 9.47 Å². The number of hydrogen-bond acceptors (Lipinski definition) is 4. The van der Waals surface area contributed by atoms with Crippen LogP contribution in [0, 0.1) is 23.7 Å². The summed E-state index contributed by atoms with van der Waals surface area (Å²) in [6.45, 7) is 4.43. The van der Waals surface area contributed by atoms with Crippen molar-refractivity contribution >= 4 is 11.9 Å². The van der Waals surface area contributed by atoms with Crippen LogP contribution in [-0.2, 0) is 19.1 Å². The van der Waals surface area contributed by atoms with Gasteiger partial charge >= 0.3 is 11.9 Å². The average Bonchev–Trinajstić information content (AvgIpc) is 2.66. The maximum atomic E-state index is 12.8. The van der Waals surface area contributed by atoms with Gasteiger partial charge in [0.1, 0.15) is 0 Å². The molecule has 4 heteroatoms. The van der Waals surface area contributed by atoms with Gasteiger partial charge in [-0.15, -0.1) is 0 Å². The van der Waals surface area contributed by atoms with Crippen LogP contribution in [0.5, 0.6) is 0 Å². The summed E-state index contributed by atoms with van der Waals surface area (Å²) in [5.41, 5.74) is 0. The maximum absolute atomic E-state index is 12.8. The SMILES string of the molecule is CCOC(=O)C(CC1CCCCC1)C(CC1CCCCC1)C(=O)OCC. The van der Waals surface area contributed by atoms with Gasteiger partial charge in [0, 0.05) is 0 Å². The minimum atomic E-state index is -0.334. The Labute approximate surface area is 159 Å². The molecule has 2 saturated carbocycles. The Kier molecular flexibility index (Phi) is 9.49. The van der Waals surface area contributed by atoms with Crippen LogP contribution in [0.2, 0.25) is 0 Å². The predicted molar refractivity (Wildman–Crippen MR) is 103 cm³/mol. The molecule has 26 heavy (non-hydrogen) atoms. The molecule has 0 spiro atoms. The fraction of sp³-hybridized carbons (Fsp3) is 0.909. The molecular weight excluding hydrogens is 328 g/mol. The van der Waals surface area contributed by atoms with Gasteiger partial charge in [0.15, 0.2) is 0 Å². The summed E-state index contributed by atoms with van der Waals surface area (Å²) in [6, 6.07) is 0. The van der Waals surface area contributed by atoms with E-state index < -0.39 is 0 Å². The van der Waals surface area contributed by atoms with Crippen LogP contribution in [0.4, 0.5) is 0 Å². The first-order valence-electron chi connectivity index (χ1n) is 11.0. The Bertz CT molecular complexity index is 382. The van der Waals surface area contributed by atoms with Gasteiger partial charge in [0.25, 0.3) is 0 Å². The smallest absolute Gasteiger partial charge is 0.309 e. The third-order valence-corrected chi connectivity index (χ3v) is 6.29. The number of ether oxygens (including phenoxy) is 2. The number of rotatable bonds is 9. The molecule has 0 bridgehead atoms. The molecule has 2 atom stereocenters. The van der Waals surface area contributed by atoms with Crippen LogP contribution in [0.1, 0.15) is 90.9 Å². The minimum absolute atomic E-state index is 0.188. The zero-order valence-corrected chi connectivity index (χ0v) is 16.8. The van der Waals surface area contributed by atoms with E-state index in [1.807, 2.05) is 13.8 Å². The largest absolute Gasteiger partial charge is 0.466 e. The van der Waals surface area contributed by atoms with E-state index in [1.54, 1.807) is 0 Å². The molecule has 2 aliphatic carbocycles. The summed E-state index contributed by atoms with van der Waals surface area (Å²) in [5, 5.41) is 0. The molecule has 0 N–H and O–H groups in total. The quantitative estimate of drug-likeness (QED) is 0.521. The van der Waals surface area contributed by atoms with Gasteiger partial charge in [-0.3, -0.25) is 9.59 Å². The van der Waals surface area contributed by atoms with Gasteiger partial charge in [-0.05, 0) is 38.5 Å². The van der Waals surface area contributed by atoms with Gasteiger partial charge in [-0.25, -0.2) is 0 Å². The van der Waals surface area contributed by atoms with Gasteiger partial charge in [-0.1, -0.05) is 64.2 Å². The monoisotopic (exact) mass is 366 g/mol. The molecular formula is C22H38O4. The lowest BCUT2D eigenvalue weighted by atomic mass is 9.73. The number of carbonyl (C=O) groups excluding carboxylic acids is 2. The molecule has 4 nitrogen and oxygen atoms in total. The molecule has 2 fully saturated rings. The highest BCUT2D eigenvalue weighted by molar-refractivity contribution is 5.82. The highest BCUT2D eigenvalue weighted by atomic mass is 16.5. The summed E-state index contributed by atoms with van der Waals surface area (Å²) < 4.78 is 10.8. The number of carbonyl (C=O) groups is 2. The van der Waals surface area contributed by atoms with E-state index in [9.17, 15) is 9.59 Å². The van der Waals surface area contributed by atoms with Crippen molar-refractivity contribution in [2.24, 2.45) is 23.7 Å². The third-order valence-electron chi connectivity index (χ3n) is 6.29. The normalized spacial score (nSPS) is 21.8. The lowest BCUT2D eigenvalue weighted by Gasteiger charge is -2.32. The van der Waals surface area contributed by atoms with Gasteiger partial charge in [-0.2, -0.15) is 0 Å². The van der Waals surface area contributed by atoms with Crippen molar-refractivity contribution in [3.8, 4) is 0 Å². The van der Waals surface area contributed by atoms with E-state index in [2.05, 4.69) is 0 Å². The second-order valence-corrected chi connectivity index (χ2v) is 8.20. The second kappa shape index (κ2) is 11.6. The summed E-state index contributed by atoms with van der Waals surface area (Å²) in [5.74, 6) is 0.0415. The Balaban J connectivity index is 2.13. The summed E-state index contributed by atoms with van der Waals surface area (Å²) in [4.78, 5) is 25.6. The molecule has 0 aliphatic heterocycles. The summed E-state index contributed by atoms with van der Waals surface area (Å²) >= 11 is 0. The maximum Gasteiger partial charge on any atom is 0.309 e. The van der Waals surface area contributed by atoms with Crippen molar-refractivity contribution in [3.05, 3.63) is 0 Å². The Hall–Kier alpha value is -1.06. The zero-order chi connectivity index (χ0) is 18.8. The van der Waals surface area contributed by atoms with Gasteiger partial charge < -0.3 is 9.47 Å². The van der Waals surface area contributed by atoms with Crippen LogP contribution < -0.4 is 0 Å². The van der Waals surface area contributed by atoms with E-state index in [-0.39, 0.29) is 23.8 Å².